The lowest BCUT2D eigenvalue weighted by Crippen LogP contribution is -1.98. The molecule has 3 aromatic rings. The number of para-hydroxylation sites is 1. The van der Waals surface area contributed by atoms with Gasteiger partial charge in [-0.25, -0.2) is 9.97 Å². The Bertz CT molecular complexity index is 849. The molecule has 1 aromatic carbocycles. The van der Waals surface area contributed by atoms with Crippen molar-refractivity contribution in [3.63, 3.8) is 0 Å². The third kappa shape index (κ3) is 3.93. The lowest BCUT2D eigenvalue weighted by atomic mass is 10.1. The molecule has 6 nitrogen and oxygen atoms in total. The second-order valence-electron chi connectivity index (χ2n) is 4.59. The first-order chi connectivity index (χ1) is 11.7. The van der Waals surface area contributed by atoms with Crippen molar-refractivity contribution in [1.29, 1.82) is 5.26 Å². The summed E-state index contributed by atoms with van der Waals surface area (Å²) in [5.74, 6) is 0.438. The molecular formula is C17H17N5OS. The fraction of sp³-hybridized carbons (Fsp3) is 0.118. The highest BCUT2D eigenvalue weighted by atomic mass is 32.1. The largest absolute Gasteiger partial charge is 0.479 e. The molecule has 3 rings (SSSR count). The van der Waals surface area contributed by atoms with E-state index in [9.17, 15) is 5.26 Å². The molecule has 0 atom stereocenters. The Morgan fingerprint density at radius 1 is 1.17 bits per heavy atom. The number of pyridine rings is 2. The summed E-state index contributed by atoms with van der Waals surface area (Å²) in [4.78, 5) is 8.41. The van der Waals surface area contributed by atoms with Crippen LogP contribution in [-0.4, -0.2) is 24.1 Å². The fourth-order valence-electron chi connectivity index (χ4n) is 2.13. The minimum atomic E-state index is 0.438. The number of methoxy groups -OCH3 is 1. The van der Waals surface area contributed by atoms with Crippen LogP contribution in [0.15, 0.2) is 48.8 Å². The number of rotatable bonds is 3. The molecule has 0 saturated heterocycles. The number of anilines is 2. The average molecular weight is 339 g/mol. The maximum absolute atomic E-state index is 9.31. The number of nitrogens with zero attached hydrogens (tertiary/aromatic N) is 3. The summed E-state index contributed by atoms with van der Waals surface area (Å²) < 4.78 is 7.67. The summed E-state index contributed by atoms with van der Waals surface area (Å²) in [6.45, 7) is 0. The maximum Gasteiger partial charge on any atom is 0.240 e. The Hall–Kier alpha value is -2.82. The van der Waals surface area contributed by atoms with Crippen LogP contribution in [0.3, 0.4) is 0 Å². The maximum atomic E-state index is 9.31. The standard InChI is InChI=1S/C16H12N4O.CH5NS/c1-21-16-15-13(7-8-18-16)14(11(9-17)10-19-15)20-12-5-3-2-4-6-12;1-2-3/h2-8,10H,1H3,(H,19,20);2-3H,1H3. The molecule has 2 heterocycles. The van der Waals surface area contributed by atoms with Crippen LogP contribution in [0.4, 0.5) is 11.4 Å². The molecule has 0 aliphatic heterocycles. The van der Waals surface area contributed by atoms with Gasteiger partial charge < -0.3 is 10.1 Å². The molecule has 2 aromatic heterocycles. The van der Waals surface area contributed by atoms with E-state index in [0.29, 0.717) is 22.6 Å². The van der Waals surface area contributed by atoms with E-state index < -0.39 is 0 Å². The highest BCUT2D eigenvalue weighted by Crippen LogP contribution is 2.31. The molecule has 0 aliphatic carbocycles. The van der Waals surface area contributed by atoms with Gasteiger partial charge in [0, 0.05) is 23.5 Å². The van der Waals surface area contributed by atoms with Gasteiger partial charge in [0.1, 0.15) is 11.6 Å². The van der Waals surface area contributed by atoms with Crippen molar-refractivity contribution in [2.45, 2.75) is 0 Å². The highest BCUT2D eigenvalue weighted by Gasteiger charge is 2.12. The molecule has 0 unspecified atom stereocenters. The Balaban J connectivity index is 0.000000647. The zero-order chi connectivity index (χ0) is 17.4. The van der Waals surface area contributed by atoms with Crippen molar-refractivity contribution in [3.8, 4) is 11.9 Å². The number of hydrogen-bond acceptors (Lipinski definition) is 7. The normalized spacial score (nSPS) is 9.58. The van der Waals surface area contributed by atoms with E-state index in [1.165, 1.54) is 6.20 Å². The van der Waals surface area contributed by atoms with Crippen molar-refractivity contribution in [2.75, 3.05) is 19.5 Å². The molecule has 0 bridgehead atoms. The summed E-state index contributed by atoms with van der Waals surface area (Å²) in [5.41, 5.74) is 2.70. The van der Waals surface area contributed by atoms with E-state index in [2.05, 4.69) is 38.9 Å². The van der Waals surface area contributed by atoms with Crippen LogP contribution in [0.5, 0.6) is 5.88 Å². The third-order valence-corrected chi connectivity index (χ3v) is 3.11. The molecule has 0 saturated carbocycles. The van der Waals surface area contributed by atoms with Crippen LogP contribution in [-0.2, 0) is 0 Å². The first-order valence-electron chi connectivity index (χ1n) is 7.09. The van der Waals surface area contributed by atoms with Gasteiger partial charge in [0.15, 0.2) is 0 Å². The molecule has 2 N–H and O–H groups in total. The number of nitriles is 1. The summed E-state index contributed by atoms with van der Waals surface area (Å²) in [6, 6.07) is 13.6. The number of hydrogen-bond donors (Lipinski definition) is 3. The monoisotopic (exact) mass is 339 g/mol. The zero-order valence-corrected chi connectivity index (χ0v) is 14.2. The molecule has 0 spiro atoms. The van der Waals surface area contributed by atoms with Crippen molar-refractivity contribution >= 4 is 35.1 Å². The quantitative estimate of drug-likeness (QED) is 0.635. The number of ether oxygens (including phenoxy) is 1. The van der Waals surface area contributed by atoms with Gasteiger partial charge in [0.05, 0.1) is 18.4 Å². The van der Waals surface area contributed by atoms with Crippen LogP contribution in [0.1, 0.15) is 5.56 Å². The number of benzene rings is 1. The van der Waals surface area contributed by atoms with Crippen molar-refractivity contribution in [1.82, 2.24) is 14.7 Å². The number of fused-ring (bicyclic) bond motifs is 1. The lowest BCUT2D eigenvalue weighted by Gasteiger charge is -2.12. The first kappa shape index (κ1) is 17.5. The Kier molecular flexibility index (Phi) is 6.37. The van der Waals surface area contributed by atoms with E-state index in [-0.39, 0.29) is 0 Å². The van der Waals surface area contributed by atoms with Crippen molar-refractivity contribution in [3.05, 3.63) is 54.4 Å². The second kappa shape index (κ2) is 8.72. The van der Waals surface area contributed by atoms with Crippen LogP contribution >= 0.6 is 12.8 Å². The summed E-state index contributed by atoms with van der Waals surface area (Å²) >= 11 is 3.54. The van der Waals surface area contributed by atoms with Gasteiger partial charge in [-0.3, -0.25) is 4.72 Å². The van der Waals surface area contributed by atoms with Gasteiger partial charge >= 0.3 is 0 Å². The zero-order valence-electron chi connectivity index (χ0n) is 13.3. The average Bonchev–Trinajstić information content (AvgIpc) is 2.63. The minimum Gasteiger partial charge on any atom is -0.479 e. The summed E-state index contributed by atoms with van der Waals surface area (Å²) in [7, 11) is 3.29. The molecule has 0 fully saturated rings. The number of thiol groups is 1. The molecule has 0 amide bonds. The summed E-state index contributed by atoms with van der Waals surface area (Å²) in [5, 5.41) is 13.4. The fourth-order valence-corrected chi connectivity index (χ4v) is 2.13. The molecule has 122 valence electrons. The summed E-state index contributed by atoms with van der Waals surface area (Å²) in [6.07, 6.45) is 3.16. The number of aromatic nitrogens is 2. The van der Waals surface area contributed by atoms with E-state index in [0.717, 1.165) is 11.1 Å². The van der Waals surface area contributed by atoms with Crippen molar-refractivity contribution < 1.29 is 4.74 Å². The third-order valence-electron chi connectivity index (χ3n) is 3.11. The van der Waals surface area contributed by atoms with Crippen LogP contribution in [0.25, 0.3) is 10.9 Å². The molecule has 24 heavy (non-hydrogen) atoms. The van der Waals surface area contributed by atoms with Gasteiger partial charge in [-0.1, -0.05) is 31.0 Å². The van der Waals surface area contributed by atoms with Crippen LogP contribution < -0.4 is 14.8 Å². The molecular weight excluding hydrogens is 322 g/mol. The van der Waals surface area contributed by atoms with Gasteiger partial charge in [-0.05, 0) is 25.2 Å². The predicted octanol–water partition coefficient (Wildman–Crippen LogP) is 3.30. The molecule has 0 radical (unpaired) electrons. The second-order valence-corrected chi connectivity index (χ2v) is 5.04. The topological polar surface area (TPSA) is 82.9 Å². The Morgan fingerprint density at radius 3 is 2.50 bits per heavy atom. The Labute approximate surface area is 146 Å². The van der Waals surface area contributed by atoms with Crippen LogP contribution in [0.2, 0.25) is 0 Å². The number of nitrogens with one attached hydrogen (secondary N) is 2. The molecule has 7 heteroatoms. The highest BCUT2D eigenvalue weighted by molar-refractivity contribution is 7.78. The van der Waals surface area contributed by atoms with E-state index in [1.54, 1.807) is 20.4 Å². The van der Waals surface area contributed by atoms with E-state index in [4.69, 9.17) is 4.74 Å². The lowest BCUT2D eigenvalue weighted by molar-refractivity contribution is 0.402. The predicted molar refractivity (Wildman–Crippen MR) is 98.6 cm³/mol. The van der Waals surface area contributed by atoms with Crippen LogP contribution in [0, 0.1) is 11.3 Å². The van der Waals surface area contributed by atoms with Gasteiger partial charge in [-0.2, -0.15) is 5.26 Å². The van der Waals surface area contributed by atoms with Gasteiger partial charge in [0.25, 0.3) is 0 Å². The molecule has 0 aliphatic rings. The van der Waals surface area contributed by atoms with Gasteiger partial charge in [-0.15, -0.1) is 0 Å². The van der Waals surface area contributed by atoms with E-state index >= 15 is 0 Å². The van der Waals surface area contributed by atoms with Crippen molar-refractivity contribution in [2.24, 2.45) is 0 Å². The minimum absolute atomic E-state index is 0.438. The first-order valence-corrected chi connectivity index (χ1v) is 7.54. The van der Waals surface area contributed by atoms with Gasteiger partial charge in [0.2, 0.25) is 5.88 Å². The SMILES string of the molecule is CNS.COc1nccc2c(Nc3ccccc3)c(C#N)cnc12. The Morgan fingerprint density at radius 2 is 1.88 bits per heavy atom. The smallest absolute Gasteiger partial charge is 0.240 e. The van der Waals surface area contributed by atoms with E-state index in [1.807, 2.05) is 36.4 Å².